The summed E-state index contributed by atoms with van der Waals surface area (Å²) in [6, 6.07) is 2.86. The molecule has 2 N–H and O–H groups in total. The van der Waals surface area contributed by atoms with Gasteiger partial charge in [-0.2, -0.15) is 13.2 Å². The summed E-state index contributed by atoms with van der Waals surface area (Å²) in [5, 5.41) is 0. The predicted molar refractivity (Wildman–Crippen MR) is 83.1 cm³/mol. The van der Waals surface area contributed by atoms with Crippen molar-refractivity contribution in [2.24, 2.45) is 17.6 Å². The van der Waals surface area contributed by atoms with Crippen LogP contribution in [0.4, 0.5) is 13.2 Å². The summed E-state index contributed by atoms with van der Waals surface area (Å²) in [7, 11) is 0. The van der Waals surface area contributed by atoms with E-state index in [4.69, 9.17) is 5.73 Å². The zero-order chi connectivity index (χ0) is 16.6. The van der Waals surface area contributed by atoms with E-state index >= 15 is 0 Å². The lowest BCUT2D eigenvalue weighted by atomic mass is 9.98. The Kier molecular flexibility index (Phi) is 5.59. The largest absolute Gasteiger partial charge is 0.468 e. The highest BCUT2D eigenvalue weighted by atomic mass is 35.5. The van der Waals surface area contributed by atoms with Crippen molar-refractivity contribution in [1.29, 1.82) is 0 Å². The number of hydrogen-bond donors (Lipinski definition) is 1. The quantitative estimate of drug-likeness (QED) is 0.892. The molecule has 0 bridgehead atoms. The van der Waals surface area contributed by atoms with Crippen LogP contribution >= 0.6 is 12.4 Å². The molecule has 5 nitrogen and oxygen atoms in total. The summed E-state index contributed by atoms with van der Waals surface area (Å²) < 4.78 is 41.1. The van der Waals surface area contributed by atoms with Crippen LogP contribution in [0.25, 0.3) is 0 Å². The fraction of sp³-hybridized carbons (Fsp3) is 0.600. The van der Waals surface area contributed by atoms with Crippen LogP contribution in [0.3, 0.4) is 0 Å². The van der Waals surface area contributed by atoms with Gasteiger partial charge in [0.15, 0.2) is 6.61 Å². The number of pyridine rings is 1. The van der Waals surface area contributed by atoms with Gasteiger partial charge in [-0.05, 0) is 30.7 Å². The standard InChI is InChI=1S/C15H18F3N3O2.ClH/c16-15(17,18)8-23-13-5-9(3-4-20-13)14(22)21-6-10-1-2-12(19)11(10)7-21;/h3-5,10-12H,1-2,6-8,19H2;1H. The van der Waals surface area contributed by atoms with E-state index in [1.54, 1.807) is 4.90 Å². The average Bonchev–Trinajstić information content (AvgIpc) is 3.07. The lowest BCUT2D eigenvalue weighted by Gasteiger charge is -2.19. The Balaban J connectivity index is 0.00000208. The predicted octanol–water partition coefficient (Wildman–Crippen LogP) is 2.25. The van der Waals surface area contributed by atoms with Crippen molar-refractivity contribution in [1.82, 2.24) is 9.88 Å². The van der Waals surface area contributed by atoms with Crippen molar-refractivity contribution in [3.8, 4) is 5.88 Å². The van der Waals surface area contributed by atoms with Gasteiger partial charge in [-0.25, -0.2) is 4.98 Å². The molecule has 1 saturated heterocycles. The van der Waals surface area contributed by atoms with E-state index in [1.807, 2.05) is 0 Å². The van der Waals surface area contributed by atoms with Crippen molar-refractivity contribution < 1.29 is 22.7 Å². The number of aromatic nitrogens is 1. The first-order chi connectivity index (χ1) is 10.8. The number of fused-ring (bicyclic) bond motifs is 1. The zero-order valence-electron chi connectivity index (χ0n) is 12.8. The summed E-state index contributed by atoms with van der Waals surface area (Å²) in [5.74, 6) is 0.327. The molecule has 2 heterocycles. The molecule has 1 aliphatic heterocycles. The highest BCUT2D eigenvalue weighted by Gasteiger charge is 2.42. The van der Waals surface area contributed by atoms with Crippen LogP contribution in [-0.2, 0) is 0 Å². The minimum Gasteiger partial charge on any atom is -0.468 e. The lowest BCUT2D eigenvalue weighted by molar-refractivity contribution is -0.154. The Bertz CT molecular complexity index is 600. The van der Waals surface area contributed by atoms with Crippen LogP contribution in [0.2, 0.25) is 0 Å². The number of amides is 1. The number of likely N-dealkylation sites (tertiary alicyclic amines) is 1. The molecule has 1 aromatic heterocycles. The molecule has 1 aliphatic carbocycles. The summed E-state index contributed by atoms with van der Waals surface area (Å²) in [4.78, 5) is 17.9. The van der Waals surface area contributed by atoms with Gasteiger partial charge < -0.3 is 15.4 Å². The molecule has 3 unspecified atom stereocenters. The van der Waals surface area contributed by atoms with E-state index < -0.39 is 12.8 Å². The van der Waals surface area contributed by atoms with E-state index in [1.165, 1.54) is 18.3 Å². The summed E-state index contributed by atoms with van der Waals surface area (Å²) in [6.45, 7) is -0.176. The van der Waals surface area contributed by atoms with Crippen LogP contribution in [-0.4, -0.2) is 47.7 Å². The third-order valence-corrected chi connectivity index (χ3v) is 4.57. The first kappa shape index (κ1) is 18.8. The third kappa shape index (κ3) is 4.10. The first-order valence-corrected chi connectivity index (χ1v) is 7.54. The Hall–Kier alpha value is -1.54. The molecule has 9 heteroatoms. The normalized spacial score (nSPS) is 26.0. The van der Waals surface area contributed by atoms with Crippen molar-refractivity contribution in [3.63, 3.8) is 0 Å². The topological polar surface area (TPSA) is 68.5 Å². The van der Waals surface area contributed by atoms with Crippen molar-refractivity contribution in [2.75, 3.05) is 19.7 Å². The van der Waals surface area contributed by atoms with Gasteiger partial charge in [0.1, 0.15) is 0 Å². The Morgan fingerprint density at radius 2 is 2.12 bits per heavy atom. The molecule has 2 fully saturated rings. The van der Waals surface area contributed by atoms with Gasteiger partial charge in [0.2, 0.25) is 5.88 Å². The summed E-state index contributed by atoms with van der Waals surface area (Å²) in [6.07, 6.45) is -1.15. The number of nitrogens with zero attached hydrogens (tertiary/aromatic N) is 2. The number of halogens is 4. The average molecular weight is 366 g/mol. The molecule has 0 radical (unpaired) electrons. The minimum atomic E-state index is -4.44. The Morgan fingerprint density at radius 1 is 1.38 bits per heavy atom. The molecular formula is C15H19ClF3N3O2. The Morgan fingerprint density at radius 3 is 2.79 bits per heavy atom. The molecule has 0 spiro atoms. The third-order valence-electron chi connectivity index (χ3n) is 4.57. The van der Waals surface area contributed by atoms with Crippen molar-refractivity contribution >= 4 is 18.3 Å². The first-order valence-electron chi connectivity index (χ1n) is 7.54. The second-order valence-corrected chi connectivity index (χ2v) is 6.16. The van der Waals surface area contributed by atoms with Gasteiger partial charge in [0, 0.05) is 37.0 Å². The summed E-state index contributed by atoms with van der Waals surface area (Å²) >= 11 is 0. The van der Waals surface area contributed by atoms with Crippen LogP contribution in [0, 0.1) is 11.8 Å². The number of ether oxygens (including phenoxy) is 1. The number of carbonyl (C=O) groups excluding carboxylic acids is 1. The second kappa shape index (κ2) is 7.14. The van der Waals surface area contributed by atoms with Crippen molar-refractivity contribution in [2.45, 2.75) is 25.1 Å². The molecule has 3 rings (SSSR count). The highest BCUT2D eigenvalue weighted by Crippen LogP contribution is 2.37. The Labute approximate surface area is 143 Å². The van der Waals surface area contributed by atoms with Gasteiger partial charge in [-0.3, -0.25) is 4.79 Å². The number of hydrogen-bond acceptors (Lipinski definition) is 4. The van der Waals surface area contributed by atoms with Crippen molar-refractivity contribution in [3.05, 3.63) is 23.9 Å². The number of nitrogens with two attached hydrogens (primary N) is 1. The smallest absolute Gasteiger partial charge is 0.422 e. The van der Waals surface area contributed by atoms with Gasteiger partial charge in [-0.1, -0.05) is 0 Å². The maximum atomic E-state index is 12.5. The molecule has 0 aromatic carbocycles. The fourth-order valence-electron chi connectivity index (χ4n) is 3.43. The summed E-state index contributed by atoms with van der Waals surface area (Å²) in [5.41, 5.74) is 6.33. The SMILES string of the molecule is Cl.NC1CCC2CN(C(=O)c3ccnc(OCC(F)(F)F)c3)CC12. The highest BCUT2D eigenvalue weighted by molar-refractivity contribution is 5.94. The van der Waals surface area contributed by atoms with Gasteiger partial charge in [0.05, 0.1) is 0 Å². The van der Waals surface area contributed by atoms with Crippen LogP contribution in [0.5, 0.6) is 5.88 Å². The van der Waals surface area contributed by atoms with Crippen LogP contribution in [0.15, 0.2) is 18.3 Å². The molecular weight excluding hydrogens is 347 g/mol. The van der Waals surface area contributed by atoms with E-state index in [9.17, 15) is 18.0 Å². The number of carbonyl (C=O) groups is 1. The van der Waals surface area contributed by atoms with E-state index in [2.05, 4.69) is 9.72 Å². The van der Waals surface area contributed by atoms with E-state index in [-0.39, 0.29) is 35.8 Å². The van der Waals surface area contributed by atoms with Gasteiger partial charge >= 0.3 is 6.18 Å². The maximum Gasteiger partial charge on any atom is 0.422 e. The fourth-order valence-corrected chi connectivity index (χ4v) is 3.43. The maximum absolute atomic E-state index is 12.5. The van der Waals surface area contributed by atoms with Gasteiger partial charge in [0.25, 0.3) is 5.91 Å². The number of alkyl halides is 3. The van der Waals surface area contributed by atoms with Crippen LogP contribution < -0.4 is 10.5 Å². The molecule has 2 aliphatic rings. The van der Waals surface area contributed by atoms with E-state index in [0.29, 0.717) is 24.9 Å². The monoisotopic (exact) mass is 365 g/mol. The molecule has 1 amide bonds. The molecule has 134 valence electrons. The minimum absolute atomic E-state index is 0. The molecule has 1 saturated carbocycles. The molecule has 24 heavy (non-hydrogen) atoms. The molecule has 1 aromatic rings. The second-order valence-electron chi connectivity index (χ2n) is 6.16. The van der Waals surface area contributed by atoms with Gasteiger partial charge in [-0.15, -0.1) is 12.4 Å². The van der Waals surface area contributed by atoms with E-state index in [0.717, 1.165) is 12.8 Å². The zero-order valence-corrected chi connectivity index (χ0v) is 13.6. The number of rotatable bonds is 3. The molecule has 3 atom stereocenters. The van der Waals surface area contributed by atoms with Crippen LogP contribution in [0.1, 0.15) is 23.2 Å². The lowest BCUT2D eigenvalue weighted by Crippen LogP contribution is -2.33.